The monoisotopic (exact) mass is 282 g/mol. The van der Waals surface area contributed by atoms with Crippen LogP contribution in [0.2, 0.25) is 0 Å². The molecule has 1 aliphatic rings. The highest BCUT2D eigenvalue weighted by Crippen LogP contribution is 2.48. The van der Waals surface area contributed by atoms with Crippen LogP contribution in [0.15, 0.2) is 42.5 Å². The summed E-state index contributed by atoms with van der Waals surface area (Å²) in [5.41, 5.74) is 6.79. The summed E-state index contributed by atoms with van der Waals surface area (Å²) < 4.78 is 11.1. The van der Waals surface area contributed by atoms with Gasteiger partial charge in [0.25, 0.3) is 0 Å². The van der Waals surface area contributed by atoms with Crippen LogP contribution in [-0.4, -0.2) is 20.5 Å². The molecule has 0 saturated heterocycles. The van der Waals surface area contributed by atoms with E-state index in [1.807, 2.05) is 0 Å². The number of methoxy groups -OCH3 is 2. The second kappa shape index (κ2) is 6.00. The number of ether oxygens (including phenoxy) is 2. The minimum atomic E-state index is -0.246. The van der Waals surface area contributed by atoms with Crippen molar-refractivity contribution in [2.45, 2.75) is 32.0 Å². The van der Waals surface area contributed by atoms with Crippen LogP contribution in [-0.2, 0) is 15.9 Å². The highest BCUT2D eigenvalue weighted by atomic mass is 16.7. The molecular weight excluding hydrogens is 260 g/mol. The van der Waals surface area contributed by atoms with E-state index in [2.05, 4.69) is 49.4 Å². The van der Waals surface area contributed by atoms with E-state index in [1.54, 1.807) is 14.2 Å². The molecule has 1 atom stereocenters. The van der Waals surface area contributed by atoms with Gasteiger partial charge in [-0.05, 0) is 34.2 Å². The Morgan fingerprint density at radius 3 is 2.38 bits per heavy atom. The molecule has 0 spiro atoms. The summed E-state index contributed by atoms with van der Waals surface area (Å²) in [6, 6.07) is 15.2. The van der Waals surface area contributed by atoms with Gasteiger partial charge in [-0.1, -0.05) is 55.8 Å². The maximum atomic E-state index is 5.57. The molecule has 2 aromatic carbocycles. The first-order chi connectivity index (χ1) is 10.3. The highest BCUT2D eigenvalue weighted by Gasteiger charge is 2.35. The summed E-state index contributed by atoms with van der Waals surface area (Å²) in [7, 11) is 3.43. The fourth-order valence-corrected chi connectivity index (χ4v) is 3.51. The lowest BCUT2D eigenvalue weighted by Gasteiger charge is -2.22. The predicted molar refractivity (Wildman–Crippen MR) is 85.5 cm³/mol. The summed E-state index contributed by atoms with van der Waals surface area (Å²) in [6.45, 7) is 2.23. The number of rotatable bonds is 5. The zero-order valence-electron chi connectivity index (χ0n) is 12.9. The van der Waals surface area contributed by atoms with Gasteiger partial charge in [0.05, 0.1) is 5.92 Å². The minimum Gasteiger partial charge on any atom is -0.355 e. The van der Waals surface area contributed by atoms with Crippen LogP contribution >= 0.6 is 0 Å². The van der Waals surface area contributed by atoms with Gasteiger partial charge < -0.3 is 9.47 Å². The molecule has 0 aliphatic heterocycles. The maximum Gasteiger partial charge on any atom is 0.167 e. The zero-order valence-corrected chi connectivity index (χ0v) is 12.9. The van der Waals surface area contributed by atoms with Gasteiger partial charge in [0.2, 0.25) is 0 Å². The number of benzene rings is 2. The molecule has 1 unspecified atom stereocenters. The average molecular weight is 282 g/mol. The molecule has 0 bridgehead atoms. The molecule has 0 radical (unpaired) electrons. The van der Waals surface area contributed by atoms with Crippen LogP contribution in [0.25, 0.3) is 11.1 Å². The second-order valence-corrected chi connectivity index (χ2v) is 5.54. The zero-order chi connectivity index (χ0) is 14.8. The molecule has 2 nitrogen and oxygen atoms in total. The molecule has 0 fully saturated rings. The molecule has 0 aromatic heterocycles. The molecule has 0 N–H and O–H groups in total. The highest BCUT2D eigenvalue weighted by molar-refractivity contribution is 5.81. The minimum absolute atomic E-state index is 0.156. The van der Waals surface area contributed by atoms with Gasteiger partial charge in [-0.25, -0.2) is 0 Å². The van der Waals surface area contributed by atoms with E-state index in [1.165, 1.54) is 27.8 Å². The summed E-state index contributed by atoms with van der Waals surface area (Å²) >= 11 is 0. The first-order valence-electron chi connectivity index (χ1n) is 7.58. The van der Waals surface area contributed by atoms with Crippen molar-refractivity contribution >= 4 is 0 Å². The van der Waals surface area contributed by atoms with Crippen LogP contribution < -0.4 is 0 Å². The molecule has 0 heterocycles. The molecule has 3 rings (SSSR count). The van der Waals surface area contributed by atoms with E-state index < -0.39 is 0 Å². The Kier molecular flexibility index (Phi) is 4.09. The number of aryl methyl sites for hydroxylation is 1. The quantitative estimate of drug-likeness (QED) is 0.758. The van der Waals surface area contributed by atoms with E-state index in [4.69, 9.17) is 9.47 Å². The van der Waals surface area contributed by atoms with Gasteiger partial charge in [-0.15, -0.1) is 0 Å². The van der Waals surface area contributed by atoms with Crippen molar-refractivity contribution in [2.75, 3.05) is 14.2 Å². The fraction of sp³-hybridized carbons (Fsp3) is 0.368. The molecular formula is C19H22O2. The lowest BCUT2D eigenvalue weighted by molar-refractivity contribution is -0.110. The largest absolute Gasteiger partial charge is 0.355 e. The molecule has 110 valence electrons. The van der Waals surface area contributed by atoms with Crippen molar-refractivity contribution in [3.05, 3.63) is 59.2 Å². The summed E-state index contributed by atoms with van der Waals surface area (Å²) in [5, 5.41) is 0. The van der Waals surface area contributed by atoms with Gasteiger partial charge in [0.15, 0.2) is 6.29 Å². The standard InChI is InChI=1S/C19H22O2/c1-4-8-13-9-7-12-16-17(13)14-10-5-6-11-15(14)18(16)19(20-2)21-3/h5-7,9-12,18-19H,4,8H2,1-3H3. The Morgan fingerprint density at radius 2 is 1.67 bits per heavy atom. The lowest BCUT2D eigenvalue weighted by atomic mass is 9.94. The molecule has 2 aromatic rings. The Labute approximate surface area is 126 Å². The Morgan fingerprint density at radius 1 is 0.952 bits per heavy atom. The normalized spacial score (nSPS) is 16.1. The van der Waals surface area contributed by atoms with E-state index in [0.717, 1.165) is 12.8 Å². The van der Waals surface area contributed by atoms with E-state index in [0.29, 0.717) is 0 Å². The molecule has 2 heteroatoms. The van der Waals surface area contributed by atoms with E-state index >= 15 is 0 Å². The molecule has 21 heavy (non-hydrogen) atoms. The summed E-state index contributed by atoms with van der Waals surface area (Å²) in [4.78, 5) is 0. The van der Waals surface area contributed by atoms with Gasteiger partial charge in [0, 0.05) is 14.2 Å². The molecule has 0 saturated carbocycles. The van der Waals surface area contributed by atoms with Crippen LogP contribution in [0.3, 0.4) is 0 Å². The van der Waals surface area contributed by atoms with Crippen LogP contribution in [0.1, 0.15) is 36.0 Å². The Hall–Kier alpha value is -1.64. The third kappa shape index (κ3) is 2.29. The smallest absolute Gasteiger partial charge is 0.167 e. The Bertz CT molecular complexity index is 629. The van der Waals surface area contributed by atoms with Crippen LogP contribution in [0.4, 0.5) is 0 Å². The average Bonchev–Trinajstić information content (AvgIpc) is 2.85. The van der Waals surface area contributed by atoms with Crippen molar-refractivity contribution < 1.29 is 9.47 Å². The summed E-state index contributed by atoms with van der Waals surface area (Å²) in [5.74, 6) is 0.156. The summed E-state index contributed by atoms with van der Waals surface area (Å²) in [6.07, 6.45) is 2.01. The maximum absolute atomic E-state index is 5.57. The van der Waals surface area contributed by atoms with Gasteiger partial charge in [-0.3, -0.25) is 0 Å². The fourth-order valence-electron chi connectivity index (χ4n) is 3.51. The van der Waals surface area contributed by atoms with Crippen molar-refractivity contribution in [3.63, 3.8) is 0 Å². The van der Waals surface area contributed by atoms with Crippen molar-refractivity contribution in [1.82, 2.24) is 0 Å². The van der Waals surface area contributed by atoms with Crippen molar-refractivity contribution in [3.8, 4) is 11.1 Å². The third-order valence-corrected chi connectivity index (χ3v) is 4.34. The number of hydrogen-bond donors (Lipinski definition) is 0. The second-order valence-electron chi connectivity index (χ2n) is 5.54. The third-order valence-electron chi connectivity index (χ3n) is 4.34. The van der Waals surface area contributed by atoms with Crippen LogP contribution in [0, 0.1) is 0 Å². The van der Waals surface area contributed by atoms with Crippen LogP contribution in [0.5, 0.6) is 0 Å². The number of fused-ring (bicyclic) bond motifs is 3. The first kappa shape index (κ1) is 14.3. The Balaban J connectivity index is 2.21. The van der Waals surface area contributed by atoms with E-state index in [9.17, 15) is 0 Å². The first-order valence-corrected chi connectivity index (χ1v) is 7.58. The SMILES string of the molecule is CCCc1cccc2c1-c1ccccc1C2C(OC)OC. The predicted octanol–water partition coefficient (Wildman–Crippen LogP) is 4.37. The molecule has 0 amide bonds. The lowest BCUT2D eigenvalue weighted by Crippen LogP contribution is -2.22. The topological polar surface area (TPSA) is 18.5 Å². The van der Waals surface area contributed by atoms with Gasteiger partial charge >= 0.3 is 0 Å². The van der Waals surface area contributed by atoms with Gasteiger partial charge in [0.1, 0.15) is 0 Å². The van der Waals surface area contributed by atoms with Crippen molar-refractivity contribution in [1.29, 1.82) is 0 Å². The van der Waals surface area contributed by atoms with E-state index in [-0.39, 0.29) is 12.2 Å². The number of hydrogen-bond acceptors (Lipinski definition) is 2. The van der Waals surface area contributed by atoms with Crippen molar-refractivity contribution in [2.24, 2.45) is 0 Å². The van der Waals surface area contributed by atoms with Gasteiger partial charge in [-0.2, -0.15) is 0 Å². The molecule has 1 aliphatic carbocycles.